The number of carbonyl (C=O) groups excluding carboxylic acids is 1. The predicted octanol–water partition coefficient (Wildman–Crippen LogP) is 2.03. The van der Waals surface area contributed by atoms with Crippen LogP contribution in [0.15, 0.2) is 36.7 Å². The van der Waals surface area contributed by atoms with E-state index in [2.05, 4.69) is 9.97 Å². The minimum Gasteiger partial charge on any atom is -0.397 e. The first kappa shape index (κ1) is 14.3. The van der Waals surface area contributed by atoms with Crippen molar-refractivity contribution in [1.82, 2.24) is 14.9 Å². The van der Waals surface area contributed by atoms with Crippen LogP contribution in [0, 0.1) is 0 Å². The van der Waals surface area contributed by atoms with E-state index in [4.69, 9.17) is 17.3 Å². The van der Waals surface area contributed by atoms with Gasteiger partial charge in [-0.25, -0.2) is 4.98 Å². The molecule has 20 heavy (non-hydrogen) atoms. The number of amides is 1. The maximum atomic E-state index is 12.3. The quantitative estimate of drug-likeness (QED) is 0.875. The second-order valence-corrected chi connectivity index (χ2v) is 4.78. The lowest BCUT2D eigenvalue weighted by molar-refractivity contribution is 0.0797. The third-order valence-electron chi connectivity index (χ3n) is 2.91. The third kappa shape index (κ3) is 3.45. The fourth-order valence-electron chi connectivity index (χ4n) is 1.76. The number of halogens is 1. The standard InChI is InChI=1S/C14H15ClN4O/c1-19(7-5-10-4-2-3-6-17-10)14(20)11-8-13(15)18-9-12(11)16/h2-4,6,8-9H,5,7,16H2,1H3. The van der Waals surface area contributed by atoms with Crippen molar-refractivity contribution in [2.45, 2.75) is 6.42 Å². The number of pyridine rings is 2. The van der Waals surface area contributed by atoms with E-state index in [0.29, 0.717) is 24.2 Å². The monoisotopic (exact) mass is 290 g/mol. The van der Waals surface area contributed by atoms with Crippen molar-refractivity contribution in [3.63, 3.8) is 0 Å². The Bertz CT molecular complexity index is 603. The first-order valence-electron chi connectivity index (χ1n) is 6.14. The molecular weight excluding hydrogens is 276 g/mol. The molecule has 1 amide bonds. The van der Waals surface area contributed by atoms with Crippen molar-refractivity contribution in [3.8, 4) is 0 Å². The number of hydrogen-bond acceptors (Lipinski definition) is 4. The van der Waals surface area contributed by atoms with Crippen molar-refractivity contribution in [2.75, 3.05) is 19.3 Å². The molecule has 0 unspecified atom stereocenters. The number of aromatic nitrogens is 2. The summed E-state index contributed by atoms with van der Waals surface area (Å²) in [5.74, 6) is -0.178. The Morgan fingerprint density at radius 1 is 1.40 bits per heavy atom. The fourth-order valence-corrected chi connectivity index (χ4v) is 1.92. The summed E-state index contributed by atoms with van der Waals surface area (Å²) in [6.07, 6.45) is 3.81. The van der Waals surface area contributed by atoms with E-state index in [9.17, 15) is 4.79 Å². The Morgan fingerprint density at radius 3 is 2.90 bits per heavy atom. The van der Waals surface area contributed by atoms with E-state index in [-0.39, 0.29) is 11.1 Å². The van der Waals surface area contributed by atoms with E-state index in [1.165, 1.54) is 12.3 Å². The lowest BCUT2D eigenvalue weighted by atomic mass is 10.2. The molecule has 0 atom stereocenters. The largest absolute Gasteiger partial charge is 0.397 e. The topological polar surface area (TPSA) is 72.1 Å². The highest BCUT2D eigenvalue weighted by Crippen LogP contribution is 2.16. The van der Waals surface area contributed by atoms with Crippen LogP contribution < -0.4 is 5.73 Å². The first-order valence-corrected chi connectivity index (χ1v) is 6.52. The smallest absolute Gasteiger partial charge is 0.255 e. The number of likely N-dealkylation sites (N-methyl/N-ethyl adjacent to an activating group) is 1. The summed E-state index contributed by atoms with van der Waals surface area (Å²) in [4.78, 5) is 21.9. The third-order valence-corrected chi connectivity index (χ3v) is 3.11. The van der Waals surface area contributed by atoms with Crippen molar-refractivity contribution in [2.24, 2.45) is 0 Å². The molecule has 6 heteroatoms. The highest BCUT2D eigenvalue weighted by molar-refractivity contribution is 6.29. The zero-order valence-corrected chi connectivity index (χ0v) is 11.8. The summed E-state index contributed by atoms with van der Waals surface area (Å²) in [5.41, 5.74) is 7.38. The van der Waals surface area contributed by atoms with Gasteiger partial charge in [0.2, 0.25) is 0 Å². The summed E-state index contributed by atoms with van der Waals surface area (Å²) < 4.78 is 0. The first-order chi connectivity index (χ1) is 9.58. The number of hydrogen-bond donors (Lipinski definition) is 1. The van der Waals surface area contributed by atoms with Crippen molar-refractivity contribution in [3.05, 3.63) is 53.1 Å². The molecule has 5 nitrogen and oxygen atoms in total. The molecule has 2 aromatic heterocycles. The van der Waals surface area contributed by atoms with Gasteiger partial charge in [0.15, 0.2) is 0 Å². The number of nitrogen functional groups attached to an aromatic ring is 1. The van der Waals surface area contributed by atoms with Gasteiger partial charge in [-0.2, -0.15) is 0 Å². The molecule has 0 aliphatic rings. The number of rotatable bonds is 4. The average molecular weight is 291 g/mol. The molecule has 0 fully saturated rings. The lowest BCUT2D eigenvalue weighted by Gasteiger charge is -2.18. The van der Waals surface area contributed by atoms with Crippen molar-refractivity contribution in [1.29, 1.82) is 0 Å². The van der Waals surface area contributed by atoms with Crippen LogP contribution in [0.4, 0.5) is 5.69 Å². The zero-order valence-electron chi connectivity index (χ0n) is 11.1. The summed E-state index contributed by atoms with van der Waals surface area (Å²) in [6.45, 7) is 0.551. The molecule has 0 spiro atoms. The van der Waals surface area contributed by atoms with Gasteiger partial charge in [0.25, 0.3) is 5.91 Å². The van der Waals surface area contributed by atoms with Gasteiger partial charge in [-0.05, 0) is 18.2 Å². The van der Waals surface area contributed by atoms with E-state index in [1.807, 2.05) is 18.2 Å². The van der Waals surface area contributed by atoms with E-state index >= 15 is 0 Å². The molecule has 0 aliphatic heterocycles. The van der Waals surface area contributed by atoms with Gasteiger partial charge in [-0.1, -0.05) is 17.7 Å². The Labute approximate surface area is 122 Å². The maximum absolute atomic E-state index is 12.3. The van der Waals surface area contributed by atoms with Crippen LogP contribution in [0.1, 0.15) is 16.1 Å². The van der Waals surface area contributed by atoms with Crippen LogP contribution >= 0.6 is 11.6 Å². The predicted molar refractivity (Wildman–Crippen MR) is 78.6 cm³/mol. The molecular formula is C14H15ClN4O. The highest BCUT2D eigenvalue weighted by atomic mass is 35.5. The maximum Gasteiger partial charge on any atom is 0.255 e. The van der Waals surface area contributed by atoms with Gasteiger partial charge in [0, 0.05) is 31.9 Å². The molecule has 2 heterocycles. The number of nitrogens with two attached hydrogens (primary N) is 1. The Morgan fingerprint density at radius 2 is 2.20 bits per heavy atom. The van der Waals surface area contributed by atoms with Gasteiger partial charge in [-0.15, -0.1) is 0 Å². The normalized spacial score (nSPS) is 10.3. The Hall–Kier alpha value is -2.14. The molecule has 2 rings (SSSR count). The summed E-state index contributed by atoms with van der Waals surface area (Å²) in [6, 6.07) is 7.19. The second kappa shape index (κ2) is 6.34. The minimum absolute atomic E-state index is 0.178. The van der Waals surface area contributed by atoms with Gasteiger partial charge >= 0.3 is 0 Å². The summed E-state index contributed by atoms with van der Waals surface area (Å²) >= 11 is 5.79. The van der Waals surface area contributed by atoms with Gasteiger partial charge in [0.1, 0.15) is 5.15 Å². The molecule has 0 bridgehead atoms. The zero-order chi connectivity index (χ0) is 14.5. The Balaban J connectivity index is 2.03. The van der Waals surface area contributed by atoms with E-state index < -0.39 is 0 Å². The van der Waals surface area contributed by atoms with Gasteiger partial charge < -0.3 is 10.6 Å². The van der Waals surface area contributed by atoms with Gasteiger partial charge in [0.05, 0.1) is 17.4 Å². The number of anilines is 1. The molecule has 2 N–H and O–H groups in total. The SMILES string of the molecule is CN(CCc1ccccn1)C(=O)c1cc(Cl)ncc1N. The molecule has 0 radical (unpaired) electrons. The molecule has 0 aromatic carbocycles. The molecule has 104 valence electrons. The van der Waals surface area contributed by atoms with Crippen LogP contribution in [0.5, 0.6) is 0 Å². The number of nitrogens with zero attached hydrogens (tertiary/aromatic N) is 3. The average Bonchev–Trinajstić information content (AvgIpc) is 2.47. The van der Waals surface area contributed by atoms with E-state index in [1.54, 1.807) is 18.1 Å². The van der Waals surface area contributed by atoms with Crippen LogP contribution in [-0.4, -0.2) is 34.4 Å². The molecule has 0 saturated carbocycles. The van der Waals surface area contributed by atoms with Gasteiger partial charge in [-0.3, -0.25) is 9.78 Å². The van der Waals surface area contributed by atoms with Crippen molar-refractivity contribution < 1.29 is 4.79 Å². The van der Waals surface area contributed by atoms with E-state index in [0.717, 1.165) is 5.69 Å². The second-order valence-electron chi connectivity index (χ2n) is 4.39. The summed E-state index contributed by atoms with van der Waals surface area (Å²) in [7, 11) is 1.72. The highest BCUT2D eigenvalue weighted by Gasteiger charge is 2.15. The minimum atomic E-state index is -0.178. The van der Waals surface area contributed by atoms with Crippen LogP contribution in [0.25, 0.3) is 0 Å². The lowest BCUT2D eigenvalue weighted by Crippen LogP contribution is -2.29. The Kier molecular flexibility index (Phi) is 4.53. The molecule has 0 aliphatic carbocycles. The van der Waals surface area contributed by atoms with Crippen molar-refractivity contribution >= 4 is 23.2 Å². The van der Waals surface area contributed by atoms with Crippen LogP contribution in [-0.2, 0) is 6.42 Å². The fraction of sp³-hybridized carbons (Fsp3) is 0.214. The molecule has 0 saturated heterocycles. The van der Waals surface area contributed by atoms with Crippen LogP contribution in [0.3, 0.4) is 0 Å². The summed E-state index contributed by atoms with van der Waals surface area (Å²) in [5, 5.41) is 0.251. The molecule has 2 aromatic rings. The van der Waals surface area contributed by atoms with Crippen LogP contribution in [0.2, 0.25) is 5.15 Å². The number of carbonyl (C=O) groups is 1.